The van der Waals surface area contributed by atoms with E-state index in [-0.39, 0.29) is 30.4 Å². The fourth-order valence-corrected chi connectivity index (χ4v) is 6.57. The molecule has 0 aromatic heterocycles. The largest absolute Gasteiger partial charge is 0.494 e. The van der Waals surface area contributed by atoms with Crippen molar-refractivity contribution in [3.63, 3.8) is 0 Å². The molecule has 0 radical (unpaired) electrons. The molecule has 4 aromatic rings. The zero-order valence-electron chi connectivity index (χ0n) is 25.4. The van der Waals surface area contributed by atoms with Gasteiger partial charge in [-0.3, -0.25) is 15.6 Å². The number of aliphatic imine (C=N–C) groups is 1. The molecule has 242 valence electrons. The molecule has 0 bridgehead atoms. The van der Waals surface area contributed by atoms with Crippen molar-refractivity contribution in [3.05, 3.63) is 136 Å². The number of hydrogen-bond acceptors (Lipinski definition) is 9. The second-order valence-corrected chi connectivity index (χ2v) is 12.8. The smallest absolute Gasteiger partial charge is 0.270 e. The molecular formula is C34H34N6O6S. The first-order chi connectivity index (χ1) is 22.9. The maximum Gasteiger partial charge on any atom is 0.270 e. The van der Waals surface area contributed by atoms with Crippen LogP contribution in [0, 0.1) is 0 Å². The average Bonchev–Trinajstić information content (AvgIpc) is 3.51. The molecule has 1 amide bonds. The van der Waals surface area contributed by atoms with Crippen molar-refractivity contribution in [2.45, 2.75) is 35.9 Å². The van der Waals surface area contributed by atoms with E-state index in [1.54, 1.807) is 91.0 Å². The van der Waals surface area contributed by atoms with Gasteiger partial charge in [-0.25, -0.2) is 13.4 Å². The van der Waals surface area contributed by atoms with Crippen molar-refractivity contribution in [2.24, 2.45) is 10.1 Å². The Balaban J connectivity index is 1.59. The van der Waals surface area contributed by atoms with Gasteiger partial charge in [0.05, 0.1) is 29.5 Å². The van der Waals surface area contributed by atoms with E-state index >= 15 is 0 Å². The monoisotopic (exact) mass is 654 g/mol. The summed E-state index contributed by atoms with van der Waals surface area (Å²) < 4.78 is 39.3. The maximum absolute atomic E-state index is 14.4. The van der Waals surface area contributed by atoms with Gasteiger partial charge < -0.3 is 14.6 Å². The highest BCUT2D eigenvalue weighted by Gasteiger charge is 2.54. The van der Waals surface area contributed by atoms with Crippen molar-refractivity contribution >= 4 is 27.3 Å². The summed E-state index contributed by atoms with van der Waals surface area (Å²) in [5.74, 6) is -0.334. The third kappa shape index (κ3) is 7.90. The Morgan fingerprint density at radius 2 is 1.66 bits per heavy atom. The lowest BCUT2D eigenvalue weighted by Gasteiger charge is -2.31. The number of azide groups is 1. The summed E-state index contributed by atoms with van der Waals surface area (Å²) in [5.41, 5.74) is 15.2. The highest BCUT2D eigenvalue weighted by Crippen LogP contribution is 2.44. The minimum absolute atomic E-state index is 0.00847. The highest BCUT2D eigenvalue weighted by molar-refractivity contribution is 7.91. The summed E-state index contributed by atoms with van der Waals surface area (Å²) in [5, 5.41) is 12.8. The summed E-state index contributed by atoms with van der Waals surface area (Å²) >= 11 is 0. The number of aliphatic hydroxyl groups excluding tert-OH is 1. The van der Waals surface area contributed by atoms with Crippen LogP contribution in [-0.2, 0) is 25.9 Å². The van der Waals surface area contributed by atoms with E-state index in [9.17, 15) is 13.2 Å². The topological polar surface area (TPSA) is 175 Å². The standard InChI is InChI=1S/C34H34N6O6S/c35-40-36-24-26-10-7-8-15-30(26)31-34(33(42)39-38-27-11-3-1-4-12-27,20-23-47(43,44)29-13-5-2-6-14-29)37-32(46-31)25-16-18-28(19-17-25)45-22-9-21-41/h1-8,10-19,31,38,41H,9,20-24H2,(H,39,42)/t31-,34-/m0/s1. The van der Waals surface area contributed by atoms with Gasteiger partial charge in [0, 0.05) is 29.9 Å². The van der Waals surface area contributed by atoms with Gasteiger partial charge in [-0.1, -0.05) is 65.8 Å². The molecule has 5 rings (SSSR count). The Kier molecular flexibility index (Phi) is 10.7. The summed E-state index contributed by atoms with van der Waals surface area (Å²) in [6.45, 7) is 0.323. The molecule has 0 saturated heterocycles. The van der Waals surface area contributed by atoms with E-state index in [4.69, 9.17) is 25.1 Å². The van der Waals surface area contributed by atoms with Crippen LogP contribution in [-0.4, -0.2) is 49.8 Å². The first-order valence-corrected chi connectivity index (χ1v) is 16.6. The molecule has 2 atom stereocenters. The highest BCUT2D eigenvalue weighted by atomic mass is 32.2. The van der Waals surface area contributed by atoms with Crippen molar-refractivity contribution in [1.82, 2.24) is 5.43 Å². The first-order valence-electron chi connectivity index (χ1n) is 14.9. The average molecular weight is 655 g/mol. The number of carbonyl (C=O) groups is 1. The molecule has 1 aliphatic rings. The van der Waals surface area contributed by atoms with E-state index in [0.29, 0.717) is 41.2 Å². The first kappa shape index (κ1) is 33.0. The van der Waals surface area contributed by atoms with Crippen LogP contribution < -0.4 is 15.6 Å². The van der Waals surface area contributed by atoms with Gasteiger partial charge in [-0.05, 0) is 65.2 Å². The number of rotatable bonds is 15. The summed E-state index contributed by atoms with van der Waals surface area (Å²) in [4.78, 5) is 22.3. The number of anilines is 1. The van der Waals surface area contributed by atoms with Gasteiger partial charge in [0.25, 0.3) is 5.91 Å². The van der Waals surface area contributed by atoms with E-state index in [1.807, 2.05) is 6.07 Å². The molecule has 1 aliphatic heterocycles. The number of hydrazine groups is 1. The molecule has 47 heavy (non-hydrogen) atoms. The molecule has 0 aliphatic carbocycles. The maximum atomic E-state index is 14.4. The van der Waals surface area contributed by atoms with Gasteiger partial charge in [0.1, 0.15) is 5.75 Å². The lowest BCUT2D eigenvalue weighted by atomic mass is 9.83. The molecule has 0 saturated carbocycles. The van der Waals surface area contributed by atoms with Crippen LogP contribution in [0.25, 0.3) is 10.4 Å². The molecule has 13 heteroatoms. The van der Waals surface area contributed by atoms with E-state index < -0.39 is 33.1 Å². The lowest BCUT2D eigenvalue weighted by molar-refractivity contribution is -0.128. The van der Waals surface area contributed by atoms with Crippen molar-refractivity contribution in [3.8, 4) is 5.75 Å². The molecule has 3 N–H and O–H groups in total. The van der Waals surface area contributed by atoms with E-state index in [2.05, 4.69) is 20.9 Å². The van der Waals surface area contributed by atoms with Crippen molar-refractivity contribution < 1.29 is 27.8 Å². The zero-order chi connectivity index (χ0) is 33.1. The number of ether oxygens (including phenoxy) is 2. The fourth-order valence-electron chi connectivity index (χ4n) is 5.18. The number of sulfone groups is 1. The third-order valence-electron chi connectivity index (χ3n) is 7.62. The van der Waals surface area contributed by atoms with Gasteiger partial charge in [0.15, 0.2) is 21.5 Å². The summed E-state index contributed by atoms with van der Waals surface area (Å²) in [7, 11) is -3.84. The molecule has 0 unspecified atom stereocenters. The van der Waals surface area contributed by atoms with Gasteiger partial charge in [0.2, 0.25) is 5.90 Å². The second-order valence-electron chi connectivity index (χ2n) is 10.7. The van der Waals surface area contributed by atoms with Gasteiger partial charge in [-0.2, -0.15) is 0 Å². The fraction of sp³-hybridized carbons (Fsp3) is 0.235. The number of para-hydroxylation sites is 1. The Morgan fingerprint density at radius 1 is 0.979 bits per heavy atom. The Bertz CT molecular complexity index is 1850. The molecule has 0 spiro atoms. The lowest BCUT2D eigenvalue weighted by Crippen LogP contribution is -2.51. The summed E-state index contributed by atoms with van der Waals surface area (Å²) in [6, 6.07) is 31.0. The molecule has 4 aromatic carbocycles. The van der Waals surface area contributed by atoms with Crippen LogP contribution >= 0.6 is 0 Å². The molecule has 0 fully saturated rings. The Labute approximate surface area is 272 Å². The Morgan fingerprint density at radius 3 is 2.36 bits per heavy atom. The van der Waals surface area contributed by atoms with Crippen molar-refractivity contribution in [2.75, 3.05) is 24.4 Å². The number of carbonyl (C=O) groups excluding carboxylic acids is 1. The predicted octanol–water partition coefficient (Wildman–Crippen LogP) is 5.52. The molecule has 1 heterocycles. The Hall–Kier alpha value is -5.36. The number of nitrogens with zero attached hydrogens (tertiary/aromatic N) is 4. The third-order valence-corrected chi connectivity index (χ3v) is 9.35. The van der Waals surface area contributed by atoms with Gasteiger partial charge >= 0.3 is 0 Å². The SMILES string of the molecule is [N-]=[N+]=NCc1ccccc1[C@@H]1OC(c2ccc(OCCCO)cc2)=N[C@]1(CCS(=O)(=O)c1ccccc1)C(=O)NNc1ccccc1. The number of hydrogen-bond donors (Lipinski definition) is 3. The normalized spacial score (nSPS) is 17.1. The van der Waals surface area contributed by atoms with Crippen LogP contribution in [0.3, 0.4) is 0 Å². The minimum Gasteiger partial charge on any atom is -0.494 e. The second kappa shape index (κ2) is 15.3. The van der Waals surface area contributed by atoms with Crippen LogP contribution in [0.1, 0.15) is 35.6 Å². The number of aliphatic hydroxyl groups is 1. The van der Waals surface area contributed by atoms with Gasteiger partial charge in [-0.15, -0.1) is 0 Å². The number of benzene rings is 4. The van der Waals surface area contributed by atoms with Crippen LogP contribution in [0.5, 0.6) is 5.75 Å². The van der Waals surface area contributed by atoms with E-state index in [0.717, 1.165) is 0 Å². The minimum atomic E-state index is -3.84. The quantitative estimate of drug-likeness (QED) is 0.0497. The predicted molar refractivity (Wildman–Crippen MR) is 177 cm³/mol. The van der Waals surface area contributed by atoms with E-state index in [1.165, 1.54) is 12.1 Å². The molecule has 12 nitrogen and oxygen atoms in total. The van der Waals surface area contributed by atoms with Crippen LogP contribution in [0.15, 0.2) is 124 Å². The van der Waals surface area contributed by atoms with Crippen LogP contribution in [0.4, 0.5) is 5.69 Å². The van der Waals surface area contributed by atoms with Crippen LogP contribution in [0.2, 0.25) is 0 Å². The number of amides is 1. The number of nitrogens with one attached hydrogen (secondary N) is 2. The summed E-state index contributed by atoms with van der Waals surface area (Å²) in [6.07, 6.45) is -0.847. The van der Waals surface area contributed by atoms with Crippen molar-refractivity contribution in [1.29, 1.82) is 0 Å². The zero-order valence-corrected chi connectivity index (χ0v) is 26.2. The molecular weight excluding hydrogens is 620 g/mol.